The van der Waals surface area contributed by atoms with Crippen molar-refractivity contribution in [2.24, 2.45) is 0 Å². The summed E-state index contributed by atoms with van der Waals surface area (Å²) in [4.78, 5) is 12.1. The second-order valence-corrected chi connectivity index (χ2v) is 12.9. The summed E-state index contributed by atoms with van der Waals surface area (Å²) in [5.41, 5.74) is 1.22. The SMILES string of the molecule is CC(C)[Si](C)(C)c1ccc(CNC(=O)Cc2cccc(C(F)(F)F)c2)cc1. The smallest absolute Gasteiger partial charge is 0.352 e. The normalized spacial score (nSPS) is 12.3. The van der Waals surface area contributed by atoms with E-state index in [0.29, 0.717) is 17.6 Å². The van der Waals surface area contributed by atoms with Crippen LogP contribution in [0.3, 0.4) is 0 Å². The second kappa shape index (κ2) is 8.29. The van der Waals surface area contributed by atoms with Crippen LogP contribution in [-0.4, -0.2) is 14.0 Å². The molecule has 0 aromatic heterocycles. The van der Waals surface area contributed by atoms with Crippen molar-refractivity contribution in [2.75, 3.05) is 0 Å². The Morgan fingerprint density at radius 3 is 2.22 bits per heavy atom. The van der Waals surface area contributed by atoms with Crippen LogP contribution in [0.15, 0.2) is 48.5 Å². The molecule has 0 radical (unpaired) electrons. The van der Waals surface area contributed by atoms with Gasteiger partial charge >= 0.3 is 6.18 Å². The third-order valence-electron chi connectivity index (χ3n) is 5.25. The van der Waals surface area contributed by atoms with Gasteiger partial charge in [0.2, 0.25) is 5.91 Å². The van der Waals surface area contributed by atoms with E-state index in [1.54, 1.807) is 0 Å². The van der Waals surface area contributed by atoms with Crippen LogP contribution in [0, 0.1) is 0 Å². The van der Waals surface area contributed by atoms with Gasteiger partial charge in [-0.25, -0.2) is 0 Å². The molecule has 6 heteroatoms. The van der Waals surface area contributed by atoms with Crippen molar-refractivity contribution in [3.05, 3.63) is 65.2 Å². The van der Waals surface area contributed by atoms with Crippen LogP contribution >= 0.6 is 0 Å². The molecule has 0 saturated heterocycles. The minimum absolute atomic E-state index is 0.0741. The first kappa shape index (κ1) is 21.2. The van der Waals surface area contributed by atoms with Gasteiger partial charge in [0.15, 0.2) is 0 Å². The van der Waals surface area contributed by atoms with Gasteiger partial charge in [0, 0.05) is 6.54 Å². The average molecular weight is 394 g/mol. The number of hydrogen-bond acceptors (Lipinski definition) is 1. The zero-order chi connectivity index (χ0) is 20.2. The fraction of sp³-hybridized carbons (Fsp3) is 0.381. The fourth-order valence-corrected chi connectivity index (χ4v) is 4.38. The topological polar surface area (TPSA) is 29.1 Å². The van der Waals surface area contributed by atoms with Crippen LogP contribution in [0.5, 0.6) is 0 Å². The van der Waals surface area contributed by atoms with Crippen molar-refractivity contribution in [1.82, 2.24) is 5.32 Å². The molecule has 2 aromatic rings. The van der Waals surface area contributed by atoms with Gasteiger partial charge in [-0.1, -0.05) is 74.6 Å². The summed E-state index contributed by atoms with van der Waals surface area (Å²) in [7, 11) is -1.48. The first-order valence-electron chi connectivity index (χ1n) is 9.02. The number of benzene rings is 2. The van der Waals surface area contributed by atoms with Crippen molar-refractivity contribution in [3.8, 4) is 0 Å². The predicted octanol–water partition coefficient (Wildman–Crippen LogP) is 4.89. The van der Waals surface area contributed by atoms with E-state index in [9.17, 15) is 18.0 Å². The van der Waals surface area contributed by atoms with Crippen LogP contribution in [0.2, 0.25) is 18.6 Å². The van der Waals surface area contributed by atoms with Crippen LogP contribution in [0.4, 0.5) is 13.2 Å². The molecule has 0 heterocycles. The van der Waals surface area contributed by atoms with E-state index in [2.05, 4.69) is 44.4 Å². The quantitative estimate of drug-likeness (QED) is 0.696. The number of carbonyl (C=O) groups excluding carboxylic acids is 1. The third kappa shape index (κ3) is 5.69. The van der Waals surface area contributed by atoms with E-state index in [0.717, 1.165) is 17.7 Å². The Morgan fingerprint density at radius 2 is 1.67 bits per heavy atom. The molecule has 0 aliphatic carbocycles. The standard InChI is InChI=1S/C21H26F3NOSi/c1-15(2)27(3,4)19-10-8-16(9-11-19)14-25-20(26)13-17-6-5-7-18(12-17)21(22,23)24/h5-12,15H,13-14H2,1-4H3,(H,25,26). The molecule has 0 fully saturated rings. The average Bonchev–Trinajstić information content (AvgIpc) is 2.59. The maximum Gasteiger partial charge on any atom is 0.416 e. The third-order valence-corrected chi connectivity index (χ3v) is 9.96. The number of hydrogen-bond donors (Lipinski definition) is 1. The Labute approximate surface area is 159 Å². The molecule has 2 nitrogen and oxygen atoms in total. The molecule has 2 rings (SSSR count). The van der Waals surface area contributed by atoms with Crippen molar-refractivity contribution < 1.29 is 18.0 Å². The van der Waals surface area contributed by atoms with Crippen LogP contribution in [0.25, 0.3) is 0 Å². The molecule has 0 atom stereocenters. The van der Waals surface area contributed by atoms with Crippen molar-refractivity contribution in [3.63, 3.8) is 0 Å². The van der Waals surface area contributed by atoms with E-state index in [1.807, 2.05) is 12.1 Å². The van der Waals surface area contributed by atoms with Gasteiger partial charge in [0.1, 0.15) is 0 Å². The summed E-state index contributed by atoms with van der Waals surface area (Å²) in [5.74, 6) is -0.296. The Hall–Kier alpha value is -2.08. The highest BCUT2D eigenvalue weighted by molar-refractivity contribution is 6.90. The van der Waals surface area contributed by atoms with Gasteiger partial charge in [0.05, 0.1) is 20.1 Å². The summed E-state index contributed by atoms with van der Waals surface area (Å²) >= 11 is 0. The lowest BCUT2D eigenvalue weighted by atomic mass is 10.1. The van der Waals surface area contributed by atoms with Gasteiger partial charge in [-0.2, -0.15) is 13.2 Å². The monoisotopic (exact) mass is 393 g/mol. The Balaban J connectivity index is 1.94. The van der Waals surface area contributed by atoms with Gasteiger partial charge < -0.3 is 5.32 Å². The zero-order valence-electron chi connectivity index (χ0n) is 16.2. The molecular weight excluding hydrogens is 367 g/mol. The Bertz CT molecular complexity index is 783. The molecule has 1 amide bonds. The lowest BCUT2D eigenvalue weighted by Crippen LogP contribution is -2.44. The number of carbonyl (C=O) groups is 1. The summed E-state index contributed by atoms with van der Waals surface area (Å²) in [6, 6.07) is 13.2. The lowest BCUT2D eigenvalue weighted by molar-refractivity contribution is -0.137. The molecule has 0 saturated carbocycles. The van der Waals surface area contributed by atoms with Gasteiger partial charge in [-0.3, -0.25) is 4.79 Å². The van der Waals surface area contributed by atoms with Gasteiger partial charge in [-0.15, -0.1) is 0 Å². The van der Waals surface area contributed by atoms with Crippen molar-refractivity contribution >= 4 is 19.2 Å². The number of halogens is 3. The number of nitrogens with one attached hydrogen (secondary N) is 1. The summed E-state index contributed by atoms with van der Waals surface area (Å²) in [6.07, 6.45) is -4.48. The van der Waals surface area contributed by atoms with Crippen LogP contribution < -0.4 is 10.5 Å². The van der Waals surface area contributed by atoms with Crippen LogP contribution in [-0.2, 0) is 23.9 Å². The molecular formula is C21H26F3NOSi. The first-order valence-corrected chi connectivity index (χ1v) is 12.1. The molecule has 1 N–H and O–H groups in total. The predicted molar refractivity (Wildman–Crippen MR) is 106 cm³/mol. The maximum atomic E-state index is 12.7. The highest BCUT2D eigenvalue weighted by Crippen LogP contribution is 2.29. The van der Waals surface area contributed by atoms with Gasteiger partial charge in [0.25, 0.3) is 0 Å². The highest BCUT2D eigenvalue weighted by atomic mass is 28.3. The van der Waals surface area contributed by atoms with Gasteiger partial charge in [-0.05, 0) is 22.7 Å². The van der Waals surface area contributed by atoms with E-state index in [-0.39, 0.29) is 12.3 Å². The first-order chi connectivity index (χ1) is 12.5. The number of rotatable bonds is 6. The second-order valence-electron chi connectivity index (χ2n) is 7.72. The highest BCUT2D eigenvalue weighted by Gasteiger charge is 2.30. The van der Waals surface area contributed by atoms with Crippen molar-refractivity contribution in [1.29, 1.82) is 0 Å². The Kier molecular flexibility index (Phi) is 6.52. The molecule has 0 unspecified atom stereocenters. The van der Waals surface area contributed by atoms with E-state index in [1.165, 1.54) is 17.3 Å². The molecule has 0 spiro atoms. The summed E-state index contributed by atoms with van der Waals surface area (Å²) in [5, 5.41) is 4.15. The maximum absolute atomic E-state index is 12.7. The summed E-state index contributed by atoms with van der Waals surface area (Å²) in [6.45, 7) is 9.52. The summed E-state index contributed by atoms with van der Waals surface area (Å²) < 4.78 is 38.2. The molecule has 0 aliphatic rings. The number of alkyl halides is 3. The Morgan fingerprint density at radius 1 is 1.04 bits per heavy atom. The van der Waals surface area contributed by atoms with Crippen LogP contribution in [0.1, 0.15) is 30.5 Å². The molecule has 2 aromatic carbocycles. The molecule has 0 aliphatic heterocycles. The largest absolute Gasteiger partial charge is 0.416 e. The molecule has 27 heavy (non-hydrogen) atoms. The zero-order valence-corrected chi connectivity index (χ0v) is 17.2. The molecule has 0 bridgehead atoms. The van der Waals surface area contributed by atoms with Crippen molar-refractivity contribution in [2.45, 2.75) is 51.6 Å². The number of amides is 1. The minimum Gasteiger partial charge on any atom is -0.352 e. The molecule has 146 valence electrons. The van der Waals surface area contributed by atoms with E-state index >= 15 is 0 Å². The fourth-order valence-electron chi connectivity index (χ4n) is 2.69. The van der Waals surface area contributed by atoms with E-state index < -0.39 is 19.8 Å². The minimum atomic E-state index is -4.40. The lowest BCUT2D eigenvalue weighted by Gasteiger charge is -2.27. The van der Waals surface area contributed by atoms with E-state index in [4.69, 9.17) is 0 Å².